The van der Waals surface area contributed by atoms with Crippen LogP contribution in [0.1, 0.15) is 105 Å². The van der Waals surface area contributed by atoms with Gasteiger partial charge in [0.15, 0.2) is 0 Å². The van der Waals surface area contributed by atoms with Crippen LogP contribution in [0.25, 0.3) is 0 Å². The van der Waals surface area contributed by atoms with E-state index in [1.165, 1.54) is 30.2 Å². The molecule has 1 heterocycles. The van der Waals surface area contributed by atoms with Gasteiger partial charge in [0.2, 0.25) is 41.4 Å². The van der Waals surface area contributed by atoms with Crippen LogP contribution >= 0.6 is 0 Å². The molecule has 0 fully saturated rings. The number of carbonyl (C=O) groups excluding carboxylic acids is 8. The molecule has 1 aromatic carbocycles. The second-order valence-electron chi connectivity index (χ2n) is 19.0. The Bertz CT molecular complexity index is 1960. The largest absolute Gasteiger partial charge is 0.508 e. The van der Waals surface area contributed by atoms with Gasteiger partial charge in [0.1, 0.15) is 36.5 Å². The first-order valence-electron chi connectivity index (χ1n) is 24.4. The Hall–Kier alpha value is -5.90. The molecule has 0 aliphatic carbocycles. The van der Waals surface area contributed by atoms with E-state index in [1.54, 1.807) is 59.8 Å². The molecule has 2 rings (SSSR count). The van der Waals surface area contributed by atoms with Crippen molar-refractivity contribution in [2.24, 2.45) is 17.8 Å². The first-order valence-corrected chi connectivity index (χ1v) is 24.4. The number of nitrogens with one attached hydrogen (secondary N) is 6. The van der Waals surface area contributed by atoms with Gasteiger partial charge in [-0.3, -0.25) is 33.6 Å². The van der Waals surface area contributed by atoms with Crippen LogP contribution < -0.4 is 31.9 Å². The molecule has 9 atom stereocenters. The van der Waals surface area contributed by atoms with E-state index in [0.717, 1.165) is 38.2 Å². The van der Waals surface area contributed by atoms with Gasteiger partial charge in [-0.15, -0.1) is 0 Å². The molecule has 0 radical (unpaired) electrons. The van der Waals surface area contributed by atoms with Crippen LogP contribution in [0, 0.1) is 17.8 Å². The summed E-state index contributed by atoms with van der Waals surface area (Å²) in [6.07, 6.45) is 6.61. The standard InChI is InChI=1S/C50H79N7O14/c1-9-10-11-12-13-14-15-16-40(63)52-35(26-58)38(61)24-42(65)56-45(30(4)5)48(68)53-36(27-59)39(62)25-43(66)55-44(29(2)3)47(67)51-33-19-22-41(64)54-46(31(6)7)49(69)57(8)37(50(70)71-28-33)23-32-17-20-34(60)21-18-32/h14-15,17-22,29-31,33,35-39,44-46,58-62H,9-13,16,23-28H2,1-8H3,(H,51,67)(H,52,63)(H,53,68)(H,54,64)(H,55,66)(H,56,65)/b15-14-,22-19?/t33-,35+,36+,37+,38+,39+,44+,45+,46+/m1/s1. The van der Waals surface area contributed by atoms with Gasteiger partial charge in [0.25, 0.3) is 0 Å². The number of benzene rings is 1. The number of aromatic hydroxyl groups is 1. The summed E-state index contributed by atoms with van der Waals surface area (Å²) in [7, 11) is 1.41. The van der Waals surface area contributed by atoms with Crippen molar-refractivity contribution in [2.45, 2.75) is 161 Å². The van der Waals surface area contributed by atoms with E-state index in [1.807, 2.05) is 6.08 Å². The average molecular weight is 1000 g/mol. The number of phenols is 1. The highest BCUT2D eigenvalue weighted by molar-refractivity contribution is 5.95. The van der Waals surface area contributed by atoms with E-state index in [0.29, 0.717) is 5.56 Å². The molecular formula is C50H79N7O14. The van der Waals surface area contributed by atoms with Crippen molar-refractivity contribution < 1.29 is 68.6 Å². The Balaban J connectivity index is 2.11. The molecule has 0 saturated carbocycles. The molecule has 71 heavy (non-hydrogen) atoms. The van der Waals surface area contributed by atoms with E-state index in [4.69, 9.17) is 4.74 Å². The number of rotatable bonds is 27. The van der Waals surface area contributed by atoms with Gasteiger partial charge in [-0.2, -0.15) is 0 Å². The van der Waals surface area contributed by atoms with Crippen LogP contribution in [0.3, 0.4) is 0 Å². The molecule has 1 aliphatic heterocycles. The van der Waals surface area contributed by atoms with Gasteiger partial charge >= 0.3 is 5.97 Å². The van der Waals surface area contributed by atoms with Gasteiger partial charge in [0, 0.05) is 26.0 Å². The number of aliphatic hydroxyl groups is 4. The first kappa shape index (κ1) is 61.2. The van der Waals surface area contributed by atoms with E-state index in [2.05, 4.69) is 38.8 Å². The lowest BCUT2D eigenvalue weighted by molar-refractivity contribution is -0.156. The minimum absolute atomic E-state index is 0.00127. The number of hydrogen-bond donors (Lipinski definition) is 11. The van der Waals surface area contributed by atoms with Crippen molar-refractivity contribution in [1.29, 1.82) is 0 Å². The Kier molecular flexibility index (Phi) is 27.1. The summed E-state index contributed by atoms with van der Waals surface area (Å²) in [5.41, 5.74) is 0.598. The summed E-state index contributed by atoms with van der Waals surface area (Å²) in [5, 5.41) is 66.8. The number of hydrogen-bond acceptors (Lipinski definition) is 14. The minimum Gasteiger partial charge on any atom is -0.508 e. The fraction of sp³-hybridized carbons (Fsp3) is 0.640. The third-order valence-electron chi connectivity index (χ3n) is 11.9. The number of allylic oxidation sites excluding steroid dienone is 1. The van der Waals surface area contributed by atoms with Crippen LogP contribution in [-0.2, 0) is 49.5 Å². The average Bonchev–Trinajstić information content (AvgIpc) is 3.31. The normalized spacial score (nSPS) is 19.4. The molecule has 1 aliphatic rings. The lowest BCUT2D eigenvalue weighted by Crippen LogP contribution is -2.57. The maximum Gasteiger partial charge on any atom is 0.329 e. The maximum atomic E-state index is 13.8. The zero-order valence-electron chi connectivity index (χ0n) is 42.4. The van der Waals surface area contributed by atoms with Crippen molar-refractivity contribution >= 4 is 47.3 Å². The van der Waals surface area contributed by atoms with E-state index >= 15 is 0 Å². The summed E-state index contributed by atoms with van der Waals surface area (Å²) in [6, 6.07) is -2.37. The highest BCUT2D eigenvalue weighted by Gasteiger charge is 2.37. The third kappa shape index (κ3) is 21.6. The smallest absolute Gasteiger partial charge is 0.329 e. The fourth-order valence-electron chi connectivity index (χ4n) is 7.47. The number of amides is 7. The van der Waals surface area contributed by atoms with Crippen LogP contribution in [0.2, 0.25) is 0 Å². The quantitative estimate of drug-likeness (QED) is 0.0318. The van der Waals surface area contributed by atoms with Crippen molar-refractivity contribution in [3.05, 3.63) is 54.1 Å². The molecule has 1 aromatic rings. The van der Waals surface area contributed by atoms with Crippen molar-refractivity contribution in [3.63, 3.8) is 0 Å². The minimum atomic E-state index is -1.70. The van der Waals surface area contributed by atoms with Gasteiger partial charge in [-0.25, -0.2) is 4.79 Å². The van der Waals surface area contributed by atoms with Crippen LogP contribution in [-0.4, -0.2) is 159 Å². The Morgan fingerprint density at radius 2 is 1.34 bits per heavy atom. The number of esters is 1. The highest BCUT2D eigenvalue weighted by atomic mass is 16.5. The number of phenolic OH excluding ortho intramolecular Hbond substituents is 1. The molecule has 11 N–H and O–H groups in total. The van der Waals surface area contributed by atoms with Gasteiger partial charge < -0.3 is 67.1 Å². The number of carbonyl (C=O) groups is 8. The first-order chi connectivity index (χ1) is 33.5. The molecule has 0 unspecified atom stereocenters. The van der Waals surface area contributed by atoms with Crippen molar-refractivity contribution in [3.8, 4) is 5.75 Å². The second-order valence-corrected chi connectivity index (χ2v) is 19.0. The molecule has 0 saturated heterocycles. The van der Waals surface area contributed by atoms with Gasteiger partial charge in [-0.1, -0.05) is 98.1 Å². The number of ether oxygens (including phenoxy) is 1. The molecule has 398 valence electrons. The topological polar surface area (TPSA) is 322 Å². The van der Waals surface area contributed by atoms with E-state index in [9.17, 15) is 63.9 Å². The summed E-state index contributed by atoms with van der Waals surface area (Å²) in [4.78, 5) is 108. The summed E-state index contributed by atoms with van der Waals surface area (Å²) < 4.78 is 5.63. The van der Waals surface area contributed by atoms with Crippen molar-refractivity contribution in [1.82, 2.24) is 36.8 Å². The molecule has 21 heteroatoms. The predicted octanol–water partition coefficient (Wildman–Crippen LogP) is 0.155. The monoisotopic (exact) mass is 1000 g/mol. The molecular weight excluding hydrogens is 923 g/mol. The summed E-state index contributed by atoms with van der Waals surface area (Å²) >= 11 is 0. The number of likely N-dealkylation sites (N-methyl/N-ethyl adjacent to an activating group) is 1. The summed E-state index contributed by atoms with van der Waals surface area (Å²) in [5.74, 6) is -7.22. The van der Waals surface area contributed by atoms with Crippen LogP contribution in [0.5, 0.6) is 5.75 Å². The Morgan fingerprint density at radius 1 is 0.775 bits per heavy atom. The molecule has 21 nitrogen and oxygen atoms in total. The number of unbranched alkanes of at least 4 members (excludes halogenated alkanes) is 4. The Morgan fingerprint density at radius 3 is 1.87 bits per heavy atom. The molecule has 0 spiro atoms. The van der Waals surface area contributed by atoms with Crippen molar-refractivity contribution in [2.75, 3.05) is 26.9 Å². The zero-order valence-corrected chi connectivity index (χ0v) is 42.4. The van der Waals surface area contributed by atoms with E-state index in [-0.39, 0.29) is 18.6 Å². The number of cyclic esters (lactones) is 1. The number of nitrogens with zero attached hydrogens (tertiary/aromatic N) is 1. The van der Waals surface area contributed by atoms with Crippen LogP contribution in [0.15, 0.2) is 48.6 Å². The number of aliphatic hydroxyl groups excluding tert-OH is 4. The summed E-state index contributed by atoms with van der Waals surface area (Å²) in [6.45, 7) is 10.1. The second kappa shape index (κ2) is 31.4. The highest BCUT2D eigenvalue weighted by Crippen LogP contribution is 2.18. The lowest BCUT2D eigenvalue weighted by Gasteiger charge is -2.32. The van der Waals surface area contributed by atoms with Crippen LogP contribution in [0.4, 0.5) is 0 Å². The fourth-order valence-corrected chi connectivity index (χ4v) is 7.47. The van der Waals surface area contributed by atoms with Gasteiger partial charge in [-0.05, 0) is 48.3 Å². The molecule has 0 bridgehead atoms. The Labute approximate surface area is 417 Å². The molecule has 7 amide bonds. The molecule has 0 aromatic heterocycles. The maximum absolute atomic E-state index is 13.8. The van der Waals surface area contributed by atoms with E-state index < -0.39 is 152 Å². The predicted molar refractivity (Wildman–Crippen MR) is 263 cm³/mol. The third-order valence-corrected chi connectivity index (χ3v) is 11.9. The lowest BCUT2D eigenvalue weighted by atomic mass is 9.99. The SMILES string of the molecule is CCCCCC/C=C\CC(=O)N[C@@H](CO)[C@@H](O)CC(=O)N[C@H](C(=O)N[C@@H](CO)[C@@H](O)CC(=O)N[C@H](C(=O)N[C@@H]1C=CC(=O)N[C@@H](C(C)C)C(=O)N(C)[C@@H](Cc2ccc(O)cc2)C(=O)OC1)C(C)C)C(C)C. The zero-order chi connectivity index (χ0) is 53.4. The van der Waals surface area contributed by atoms with Gasteiger partial charge in [0.05, 0.1) is 56.4 Å².